The molecule has 0 unspecified atom stereocenters. The van der Waals surface area contributed by atoms with Crippen molar-refractivity contribution in [3.63, 3.8) is 0 Å². The number of carbonyl (C=O) groups is 1. The third kappa shape index (κ3) is 4.75. The average Bonchev–Trinajstić information content (AvgIpc) is 3.55. The zero-order valence-corrected chi connectivity index (χ0v) is 23.5. The molecule has 14 heteroatoms. The van der Waals surface area contributed by atoms with Gasteiger partial charge in [-0.25, -0.2) is 9.98 Å². The Bertz CT molecular complexity index is 1600. The van der Waals surface area contributed by atoms with Crippen LogP contribution < -0.4 is 34.9 Å². The zero-order chi connectivity index (χ0) is 28.6. The van der Waals surface area contributed by atoms with Gasteiger partial charge in [0.05, 0.1) is 68.7 Å². The van der Waals surface area contributed by atoms with Crippen LogP contribution in [0.1, 0.15) is 27.9 Å². The Morgan fingerprint density at radius 3 is 2.45 bits per heavy atom. The molecule has 4 aromatic rings. The molecule has 2 N–H and O–H groups in total. The molecule has 0 atom stereocenters. The van der Waals surface area contributed by atoms with Crippen LogP contribution >= 0.6 is 11.3 Å². The number of hydrogen-bond acceptors (Lipinski definition) is 13. The van der Waals surface area contributed by atoms with Gasteiger partial charge in [-0.05, 0) is 31.5 Å². The molecule has 3 aromatic heterocycles. The molecule has 0 spiro atoms. The van der Waals surface area contributed by atoms with E-state index < -0.39 is 5.90 Å². The number of anilines is 1. The van der Waals surface area contributed by atoms with Gasteiger partial charge in [-0.15, -0.1) is 16.3 Å². The lowest BCUT2D eigenvalue weighted by molar-refractivity contribution is -0.759. The van der Waals surface area contributed by atoms with Crippen molar-refractivity contribution in [1.29, 1.82) is 0 Å². The number of morpholine rings is 1. The number of rotatable bonds is 8. The third-order valence-electron chi connectivity index (χ3n) is 6.49. The van der Waals surface area contributed by atoms with Crippen LogP contribution in [-0.2, 0) is 4.74 Å². The molecular formula is C26H28N6O7S. The van der Waals surface area contributed by atoms with E-state index in [1.807, 2.05) is 5.01 Å². The van der Waals surface area contributed by atoms with E-state index in [-0.39, 0.29) is 22.2 Å². The predicted molar refractivity (Wildman–Crippen MR) is 146 cm³/mol. The van der Waals surface area contributed by atoms with E-state index in [0.29, 0.717) is 76.2 Å². The second kappa shape index (κ2) is 11.0. The summed E-state index contributed by atoms with van der Waals surface area (Å²) in [6.45, 7) is 5.56. The molecule has 1 aliphatic rings. The maximum atomic E-state index is 13.3. The van der Waals surface area contributed by atoms with E-state index in [4.69, 9.17) is 29.2 Å². The standard InChI is InChI=1S/C26H28N6O7S/c1-13-19(14(2)33)20(15-10-16(35-3)23(37-5)17(11-15)36-4)21-22(27)24(40-26(21)28-13)25(34)29-18-12-32(30-39-18)31-6-8-38-9-7-31/h10-12H,6-9H2,1-5H3,(H2-,27,29,30,34). The van der Waals surface area contributed by atoms with Crippen LogP contribution in [0.15, 0.2) is 27.8 Å². The van der Waals surface area contributed by atoms with Gasteiger partial charge in [-0.2, -0.15) is 0 Å². The van der Waals surface area contributed by atoms with Gasteiger partial charge < -0.3 is 29.8 Å². The number of Topliss-reactive ketones (excluding diaryl/α,β-unsaturated/α-hetero) is 1. The quantitative estimate of drug-likeness (QED) is 0.143. The number of aromatic nitrogens is 3. The summed E-state index contributed by atoms with van der Waals surface area (Å²) in [5.41, 5.74) is 8.67. The van der Waals surface area contributed by atoms with Gasteiger partial charge in [-0.1, -0.05) is 0 Å². The highest BCUT2D eigenvalue weighted by atomic mass is 32.1. The van der Waals surface area contributed by atoms with Crippen LogP contribution in [0.5, 0.6) is 17.2 Å². The van der Waals surface area contributed by atoms with Gasteiger partial charge in [-0.3, -0.25) is 9.32 Å². The van der Waals surface area contributed by atoms with Crippen molar-refractivity contribution in [2.24, 2.45) is 4.99 Å². The first-order valence-corrected chi connectivity index (χ1v) is 13.1. The number of hydrogen-bond donors (Lipinski definition) is 1. The smallest absolute Gasteiger partial charge is 0.324 e. The van der Waals surface area contributed by atoms with Crippen molar-refractivity contribution >= 4 is 44.8 Å². The number of aryl methyl sites for hydroxylation is 1. The molecule has 1 aliphatic heterocycles. The van der Waals surface area contributed by atoms with Gasteiger partial charge >= 0.3 is 5.88 Å². The summed E-state index contributed by atoms with van der Waals surface area (Å²) in [6.07, 6.45) is 1.52. The molecule has 13 nitrogen and oxygen atoms in total. The summed E-state index contributed by atoms with van der Waals surface area (Å²) in [6, 6.07) is 3.45. The molecule has 4 heterocycles. The maximum Gasteiger partial charge on any atom is 0.324 e. The van der Waals surface area contributed by atoms with Crippen LogP contribution in [0.25, 0.3) is 21.3 Å². The summed E-state index contributed by atoms with van der Waals surface area (Å²) in [5, 5.41) is 19.6. The minimum Gasteiger partial charge on any atom is -0.857 e. The number of nitrogens with zero attached hydrogens (tertiary/aromatic N) is 5. The number of nitrogen functional groups attached to an aromatic ring is 1. The average molecular weight is 569 g/mol. The summed E-state index contributed by atoms with van der Waals surface area (Å²) in [7, 11) is 4.51. The van der Waals surface area contributed by atoms with E-state index in [1.54, 1.807) is 19.1 Å². The number of ether oxygens (including phenoxy) is 4. The molecule has 1 aromatic carbocycles. The molecule has 0 saturated carbocycles. The van der Waals surface area contributed by atoms with Crippen molar-refractivity contribution in [3.05, 3.63) is 34.5 Å². The van der Waals surface area contributed by atoms with Crippen molar-refractivity contribution < 1.29 is 38.2 Å². The van der Waals surface area contributed by atoms with E-state index in [1.165, 1.54) is 39.2 Å². The molecule has 1 fully saturated rings. The first-order chi connectivity index (χ1) is 19.3. The van der Waals surface area contributed by atoms with E-state index in [2.05, 4.69) is 15.2 Å². The number of aliphatic imine (C=N–C) groups is 1. The van der Waals surface area contributed by atoms with Crippen molar-refractivity contribution in [3.8, 4) is 28.4 Å². The van der Waals surface area contributed by atoms with Crippen molar-refractivity contribution in [1.82, 2.24) is 10.3 Å². The Balaban J connectivity index is 1.67. The molecule has 5 rings (SSSR count). The molecule has 0 bridgehead atoms. The fourth-order valence-electron chi connectivity index (χ4n) is 4.69. The van der Waals surface area contributed by atoms with Gasteiger partial charge in [0.2, 0.25) is 11.0 Å². The SMILES string of the molecule is COc1cc(-c2c(C(C)=O)c(C)nc3sc(/C([O-])=N/c4c[n+](N5CCOCC5)no4)c(N)c23)cc(OC)c1OC. The fourth-order valence-corrected chi connectivity index (χ4v) is 5.73. The van der Waals surface area contributed by atoms with Gasteiger partial charge in [0.15, 0.2) is 17.3 Å². The number of thiophene rings is 1. The molecule has 1 saturated heterocycles. The minimum atomic E-state index is -0.622. The Morgan fingerprint density at radius 1 is 1.18 bits per heavy atom. The first kappa shape index (κ1) is 27.1. The highest BCUT2D eigenvalue weighted by molar-refractivity contribution is 7.21. The Kier molecular flexibility index (Phi) is 7.45. The lowest BCUT2D eigenvalue weighted by Gasteiger charge is -2.18. The maximum absolute atomic E-state index is 13.3. The highest BCUT2D eigenvalue weighted by Gasteiger charge is 2.26. The minimum absolute atomic E-state index is 0.0202. The van der Waals surface area contributed by atoms with E-state index >= 15 is 0 Å². The summed E-state index contributed by atoms with van der Waals surface area (Å²) in [5.74, 6) is 0.374. The van der Waals surface area contributed by atoms with Crippen LogP contribution in [-0.4, -0.2) is 69.6 Å². The van der Waals surface area contributed by atoms with E-state index in [0.717, 1.165) is 11.3 Å². The molecule has 210 valence electrons. The number of methoxy groups -OCH3 is 3. The molecule has 0 aliphatic carbocycles. The zero-order valence-electron chi connectivity index (χ0n) is 22.6. The van der Waals surface area contributed by atoms with Crippen molar-refractivity contribution in [2.75, 3.05) is 58.4 Å². The second-order valence-corrected chi connectivity index (χ2v) is 9.89. The Hall–Kier alpha value is -4.43. The summed E-state index contributed by atoms with van der Waals surface area (Å²) >= 11 is 1.08. The van der Waals surface area contributed by atoms with Crippen LogP contribution in [0, 0.1) is 6.92 Å². The molecule has 0 radical (unpaired) electrons. The number of ketones is 1. The predicted octanol–water partition coefficient (Wildman–Crippen LogP) is 1.76. The third-order valence-corrected chi connectivity index (χ3v) is 7.58. The lowest BCUT2D eigenvalue weighted by atomic mass is 9.93. The van der Waals surface area contributed by atoms with Gasteiger partial charge in [0.1, 0.15) is 4.83 Å². The lowest BCUT2D eigenvalue weighted by Crippen LogP contribution is -2.62. The Labute approximate surface area is 233 Å². The monoisotopic (exact) mass is 568 g/mol. The van der Waals surface area contributed by atoms with Crippen molar-refractivity contribution in [2.45, 2.75) is 13.8 Å². The normalized spacial score (nSPS) is 14.0. The van der Waals surface area contributed by atoms with Crippen LogP contribution in [0.2, 0.25) is 0 Å². The van der Waals surface area contributed by atoms with Crippen LogP contribution in [0.3, 0.4) is 0 Å². The summed E-state index contributed by atoms with van der Waals surface area (Å²) in [4.78, 5) is 23.7. The molecule has 40 heavy (non-hydrogen) atoms. The van der Waals surface area contributed by atoms with Gasteiger partial charge in [0.25, 0.3) is 6.20 Å². The molecule has 0 amide bonds. The number of carbonyl (C=O) groups excluding carboxylic acids is 1. The number of fused-ring (bicyclic) bond motifs is 1. The number of nitrogens with two attached hydrogens (primary N) is 1. The highest BCUT2D eigenvalue weighted by Crippen LogP contribution is 2.47. The summed E-state index contributed by atoms with van der Waals surface area (Å²) < 4.78 is 27.2. The molecular weight excluding hydrogens is 540 g/mol. The van der Waals surface area contributed by atoms with Crippen LogP contribution in [0.4, 0.5) is 11.6 Å². The largest absolute Gasteiger partial charge is 0.857 e. The number of pyridine rings is 1. The fraction of sp³-hybridized carbons (Fsp3) is 0.346. The topological polar surface area (TPSA) is 161 Å². The first-order valence-electron chi connectivity index (χ1n) is 12.3. The van der Waals surface area contributed by atoms with E-state index in [9.17, 15) is 9.90 Å². The Morgan fingerprint density at radius 2 is 1.85 bits per heavy atom. The van der Waals surface area contributed by atoms with Gasteiger partial charge in [0, 0.05) is 22.4 Å². The number of benzene rings is 1. The second-order valence-electron chi connectivity index (χ2n) is 8.89.